The molecule has 0 heterocycles. The molecule has 0 aromatic heterocycles. The summed E-state index contributed by atoms with van der Waals surface area (Å²) in [4.78, 5) is 0. The van der Waals surface area contributed by atoms with Crippen molar-refractivity contribution < 1.29 is 29.0 Å². The average molecular weight is 326 g/mol. The first-order valence-electron chi connectivity index (χ1n) is 4.40. The summed E-state index contributed by atoms with van der Waals surface area (Å²) in [5, 5.41) is 0. The van der Waals surface area contributed by atoms with Crippen LogP contribution in [0.5, 0.6) is 5.75 Å². The molecule has 0 amide bonds. The van der Waals surface area contributed by atoms with Crippen molar-refractivity contribution in [2.45, 2.75) is 12.8 Å². The molecule has 15 heavy (non-hydrogen) atoms. The predicted octanol–water partition coefficient (Wildman–Crippen LogP) is 2.65. The summed E-state index contributed by atoms with van der Waals surface area (Å²) in [6.45, 7) is 0.790. The van der Waals surface area contributed by atoms with Gasteiger partial charge < -0.3 is 9.47 Å². The van der Waals surface area contributed by atoms with Gasteiger partial charge in [-0.05, 0) is 6.42 Å². The van der Waals surface area contributed by atoms with Crippen LogP contribution < -0.4 is 4.74 Å². The van der Waals surface area contributed by atoms with Crippen LogP contribution in [0, 0.1) is 6.07 Å². The average Bonchev–Trinajstić information content (AvgIpc) is 2.19. The third-order valence-electron chi connectivity index (χ3n) is 1.92. The number of rotatable bonds is 5. The van der Waals surface area contributed by atoms with E-state index < -0.39 is 0 Å². The zero-order valence-corrected chi connectivity index (χ0v) is 14.0. The fourth-order valence-corrected chi connectivity index (χ4v) is 1.25. The number of ether oxygens (including phenoxy) is 2. The molecule has 0 unspecified atom stereocenters. The molecule has 0 saturated heterocycles. The number of hydrogen-bond donors (Lipinski definition) is 0. The number of benzene rings is 1. The summed E-state index contributed by atoms with van der Waals surface area (Å²) >= 11 is 0. The molecule has 4 heteroatoms. The number of halogens is 1. The van der Waals surface area contributed by atoms with Gasteiger partial charge in [0.15, 0.2) is 0 Å². The minimum atomic E-state index is 0. The van der Waals surface area contributed by atoms with Crippen LogP contribution in [-0.2, 0) is 30.6 Å². The Kier molecular flexibility index (Phi) is 12.3. The summed E-state index contributed by atoms with van der Waals surface area (Å²) in [5.41, 5.74) is 1.20. The van der Waals surface area contributed by atoms with Crippen molar-refractivity contribution in [2.24, 2.45) is 0 Å². The molecule has 0 radical (unpaired) electrons. The standard InChI is InChI=1S/C11H15O2.BrH.Zn/c1-12-9-5-7-10-6-3-4-8-11(10)13-2;;/h4,6,8H,5,7,9H2,1-2H3;1H;/q-1;;. The number of hydrogen-bond acceptors (Lipinski definition) is 2. The van der Waals surface area contributed by atoms with Crippen LogP contribution in [0.4, 0.5) is 0 Å². The van der Waals surface area contributed by atoms with Gasteiger partial charge in [-0.2, -0.15) is 18.2 Å². The molecule has 82 valence electrons. The van der Waals surface area contributed by atoms with Crippen molar-refractivity contribution in [2.75, 3.05) is 20.8 Å². The van der Waals surface area contributed by atoms with Crippen LogP contribution in [-0.4, -0.2) is 20.8 Å². The van der Waals surface area contributed by atoms with Crippen molar-refractivity contribution in [1.29, 1.82) is 0 Å². The Morgan fingerprint density at radius 3 is 2.67 bits per heavy atom. The predicted molar refractivity (Wildman–Crippen MR) is 62.3 cm³/mol. The van der Waals surface area contributed by atoms with Crippen molar-refractivity contribution >= 4 is 17.0 Å². The maximum absolute atomic E-state index is 5.22. The zero-order chi connectivity index (χ0) is 9.52. The zero-order valence-electron chi connectivity index (χ0n) is 9.29. The first-order valence-corrected chi connectivity index (χ1v) is 4.40. The van der Waals surface area contributed by atoms with Crippen LogP contribution in [0.15, 0.2) is 18.2 Å². The van der Waals surface area contributed by atoms with E-state index >= 15 is 0 Å². The Labute approximate surface area is 115 Å². The fraction of sp³-hybridized carbons (Fsp3) is 0.455. The molecule has 0 N–H and O–H groups in total. The van der Waals surface area contributed by atoms with Gasteiger partial charge in [0.05, 0.1) is 7.11 Å². The summed E-state index contributed by atoms with van der Waals surface area (Å²) in [6.07, 6.45) is 2.00. The van der Waals surface area contributed by atoms with E-state index in [-0.39, 0.29) is 36.5 Å². The second kappa shape index (κ2) is 10.6. The van der Waals surface area contributed by atoms with Gasteiger partial charge in [-0.3, -0.25) is 0 Å². The number of aryl methyl sites for hydroxylation is 1. The van der Waals surface area contributed by atoms with E-state index in [0.717, 1.165) is 25.2 Å². The van der Waals surface area contributed by atoms with Gasteiger partial charge in [0, 0.05) is 38.9 Å². The van der Waals surface area contributed by atoms with E-state index in [1.165, 1.54) is 5.56 Å². The summed E-state index contributed by atoms with van der Waals surface area (Å²) in [7, 11) is 3.41. The van der Waals surface area contributed by atoms with Gasteiger partial charge in [-0.15, -0.1) is 28.6 Å². The molecule has 0 bridgehead atoms. The maximum atomic E-state index is 5.22. The largest absolute Gasteiger partial charge is 0.522 e. The Bertz CT molecular complexity index is 256. The van der Waals surface area contributed by atoms with Crippen LogP contribution in [0.3, 0.4) is 0 Å². The van der Waals surface area contributed by atoms with E-state index in [0.29, 0.717) is 0 Å². The molecule has 0 fully saturated rings. The smallest absolute Gasteiger partial charge is 0.0743 e. The quantitative estimate of drug-likeness (QED) is 0.471. The SMILES string of the molecule is Br.COCCCc1c[c-]ccc1OC.[Zn]. The summed E-state index contributed by atoms with van der Waals surface area (Å²) in [5.74, 6) is 0.940. The molecular weight excluding hydrogens is 309 g/mol. The maximum Gasteiger partial charge on any atom is 0.0743 e. The molecular formula is C11H16BrO2Zn-. The topological polar surface area (TPSA) is 18.5 Å². The monoisotopic (exact) mass is 323 g/mol. The first kappa shape index (κ1) is 17.5. The van der Waals surface area contributed by atoms with Crippen molar-refractivity contribution in [3.05, 3.63) is 29.8 Å². The molecule has 1 rings (SSSR count). The van der Waals surface area contributed by atoms with Gasteiger partial charge in [0.2, 0.25) is 0 Å². The second-order valence-corrected chi connectivity index (χ2v) is 2.83. The minimum Gasteiger partial charge on any atom is -0.522 e. The molecule has 0 saturated carbocycles. The van der Waals surface area contributed by atoms with E-state index in [9.17, 15) is 0 Å². The molecule has 0 aliphatic rings. The normalized spacial score (nSPS) is 8.67. The van der Waals surface area contributed by atoms with Crippen molar-refractivity contribution in [3.8, 4) is 5.75 Å². The molecule has 0 atom stereocenters. The van der Waals surface area contributed by atoms with Crippen LogP contribution in [0.2, 0.25) is 0 Å². The molecule has 0 aliphatic carbocycles. The molecule has 1 aromatic carbocycles. The van der Waals surface area contributed by atoms with Crippen LogP contribution in [0.1, 0.15) is 12.0 Å². The third-order valence-corrected chi connectivity index (χ3v) is 1.92. The van der Waals surface area contributed by atoms with Crippen LogP contribution >= 0.6 is 17.0 Å². The summed E-state index contributed by atoms with van der Waals surface area (Å²) < 4.78 is 10.2. The fourth-order valence-electron chi connectivity index (χ4n) is 1.25. The van der Waals surface area contributed by atoms with E-state index in [1.54, 1.807) is 14.2 Å². The molecule has 0 spiro atoms. The van der Waals surface area contributed by atoms with Crippen molar-refractivity contribution in [3.63, 3.8) is 0 Å². The van der Waals surface area contributed by atoms with Gasteiger partial charge in [-0.25, -0.2) is 0 Å². The molecule has 1 aromatic rings. The van der Waals surface area contributed by atoms with Gasteiger partial charge in [-0.1, -0.05) is 6.42 Å². The van der Waals surface area contributed by atoms with Crippen molar-refractivity contribution in [1.82, 2.24) is 0 Å². The first-order chi connectivity index (χ1) is 6.38. The van der Waals surface area contributed by atoms with Gasteiger partial charge >= 0.3 is 0 Å². The van der Waals surface area contributed by atoms with Gasteiger partial charge in [0.1, 0.15) is 0 Å². The van der Waals surface area contributed by atoms with Gasteiger partial charge in [0.25, 0.3) is 0 Å². The number of methoxy groups -OCH3 is 2. The molecule has 2 nitrogen and oxygen atoms in total. The Morgan fingerprint density at radius 2 is 2.07 bits per heavy atom. The third kappa shape index (κ3) is 6.29. The molecule has 0 aliphatic heterocycles. The van der Waals surface area contributed by atoms with E-state index in [4.69, 9.17) is 9.47 Å². The van der Waals surface area contributed by atoms with E-state index in [2.05, 4.69) is 6.07 Å². The van der Waals surface area contributed by atoms with Crippen LogP contribution in [0.25, 0.3) is 0 Å². The Morgan fingerprint density at radius 1 is 1.33 bits per heavy atom. The minimum absolute atomic E-state index is 0. The van der Waals surface area contributed by atoms with E-state index in [1.807, 2.05) is 18.2 Å². The second-order valence-electron chi connectivity index (χ2n) is 2.83. The summed E-state index contributed by atoms with van der Waals surface area (Å²) in [6, 6.07) is 8.80. The Balaban J connectivity index is 0. The Hall–Kier alpha value is 0.0834.